The fourth-order valence-electron chi connectivity index (χ4n) is 2.82. The Morgan fingerprint density at radius 3 is 2.55 bits per heavy atom. The molecule has 2 aromatic carbocycles. The van der Waals surface area contributed by atoms with E-state index in [0.717, 1.165) is 11.3 Å². The lowest BCUT2D eigenvalue weighted by Crippen LogP contribution is -2.46. The molecule has 1 saturated heterocycles. The van der Waals surface area contributed by atoms with Crippen LogP contribution in [-0.2, 0) is 16.1 Å². The normalized spacial score (nSPS) is 18.0. The molecule has 3 rings (SSSR count). The van der Waals surface area contributed by atoms with Crippen LogP contribution < -0.4 is 10.1 Å². The average molecular weight is 415 g/mol. The highest BCUT2D eigenvalue weighted by Gasteiger charge is 2.35. The second-order valence-electron chi connectivity index (χ2n) is 6.40. The quantitative estimate of drug-likeness (QED) is 0.784. The smallest absolute Gasteiger partial charge is 0.234 e. The van der Waals surface area contributed by atoms with Gasteiger partial charge in [-0.1, -0.05) is 23.9 Å². The van der Waals surface area contributed by atoms with Crippen LogP contribution >= 0.6 is 11.8 Å². The zero-order valence-electron chi connectivity index (χ0n) is 16.2. The molecule has 1 atom stereocenters. The first-order valence-corrected chi connectivity index (χ1v) is 10.1. The molecule has 1 aliphatic heterocycles. The second-order valence-corrected chi connectivity index (χ2v) is 7.57. The summed E-state index contributed by atoms with van der Waals surface area (Å²) in [4.78, 5) is 31.3. The van der Waals surface area contributed by atoms with Crippen molar-refractivity contribution in [3.63, 3.8) is 0 Å². The minimum absolute atomic E-state index is 0.0924. The van der Waals surface area contributed by atoms with E-state index in [4.69, 9.17) is 4.74 Å². The summed E-state index contributed by atoms with van der Waals surface area (Å²) in [5, 5.41) is 2.63. The van der Waals surface area contributed by atoms with Crippen molar-refractivity contribution in [3.8, 4) is 5.75 Å². The van der Waals surface area contributed by atoms with Crippen molar-refractivity contribution in [3.05, 3.63) is 59.9 Å². The van der Waals surface area contributed by atoms with Gasteiger partial charge in [0.1, 0.15) is 11.6 Å². The molecule has 1 aliphatic rings. The van der Waals surface area contributed by atoms with E-state index in [1.54, 1.807) is 12.0 Å². The van der Waals surface area contributed by atoms with Gasteiger partial charge in [0.15, 0.2) is 5.17 Å². The minimum atomic E-state index is -0.547. The first kappa shape index (κ1) is 20.9. The lowest BCUT2D eigenvalue weighted by molar-refractivity contribution is -0.130. The molecule has 0 saturated carbocycles. The van der Waals surface area contributed by atoms with Gasteiger partial charge >= 0.3 is 0 Å². The number of rotatable bonds is 6. The van der Waals surface area contributed by atoms with Gasteiger partial charge < -0.3 is 10.1 Å². The third kappa shape index (κ3) is 5.35. The molecule has 0 aromatic heterocycles. The molecule has 29 heavy (non-hydrogen) atoms. The van der Waals surface area contributed by atoms with Gasteiger partial charge in [0.05, 0.1) is 24.6 Å². The molecule has 1 fully saturated rings. The van der Waals surface area contributed by atoms with E-state index in [9.17, 15) is 14.0 Å². The molecular weight excluding hydrogens is 393 g/mol. The predicted molar refractivity (Wildman–Crippen MR) is 112 cm³/mol. The first-order valence-electron chi connectivity index (χ1n) is 9.22. The van der Waals surface area contributed by atoms with Gasteiger partial charge in [0, 0.05) is 13.0 Å². The minimum Gasteiger partial charge on any atom is -0.497 e. The van der Waals surface area contributed by atoms with Crippen molar-refractivity contribution in [2.45, 2.75) is 25.1 Å². The highest BCUT2D eigenvalue weighted by Crippen LogP contribution is 2.30. The Morgan fingerprint density at radius 2 is 1.93 bits per heavy atom. The third-order valence-electron chi connectivity index (χ3n) is 4.33. The Morgan fingerprint density at radius 1 is 1.24 bits per heavy atom. The number of thioether (sulfide) groups is 1. The zero-order chi connectivity index (χ0) is 20.8. The molecule has 152 valence electrons. The molecular formula is C21H22FN3O3S. The van der Waals surface area contributed by atoms with Crippen molar-refractivity contribution in [1.29, 1.82) is 0 Å². The fraction of sp³-hybridized carbons (Fsp3) is 0.286. The zero-order valence-corrected chi connectivity index (χ0v) is 17.0. The number of nitrogens with one attached hydrogen (secondary N) is 1. The van der Waals surface area contributed by atoms with Crippen molar-refractivity contribution in [2.24, 2.45) is 4.99 Å². The number of ether oxygens (including phenoxy) is 1. The summed E-state index contributed by atoms with van der Waals surface area (Å²) < 4.78 is 18.4. The number of hydrogen-bond donors (Lipinski definition) is 1. The van der Waals surface area contributed by atoms with Crippen LogP contribution in [0, 0.1) is 5.82 Å². The molecule has 0 unspecified atom stereocenters. The van der Waals surface area contributed by atoms with Gasteiger partial charge in [-0.3, -0.25) is 14.5 Å². The van der Waals surface area contributed by atoms with Crippen LogP contribution in [0.4, 0.5) is 10.1 Å². The van der Waals surface area contributed by atoms with Crippen molar-refractivity contribution in [1.82, 2.24) is 10.2 Å². The van der Waals surface area contributed by atoms with Crippen LogP contribution in [0.25, 0.3) is 0 Å². The molecule has 0 radical (unpaired) electrons. The number of amides is 2. The Labute approximate surface area is 173 Å². The van der Waals surface area contributed by atoms with Gasteiger partial charge in [-0.05, 0) is 48.9 Å². The Kier molecular flexibility index (Phi) is 6.87. The monoisotopic (exact) mass is 415 g/mol. The van der Waals surface area contributed by atoms with Crippen molar-refractivity contribution >= 4 is 34.4 Å². The molecule has 0 spiro atoms. The van der Waals surface area contributed by atoms with Crippen molar-refractivity contribution in [2.75, 3.05) is 13.7 Å². The Balaban J connectivity index is 1.89. The van der Waals surface area contributed by atoms with Gasteiger partial charge in [0.25, 0.3) is 0 Å². The van der Waals surface area contributed by atoms with Gasteiger partial charge in [0.2, 0.25) is 11.8 Å². The summed E-state index contributed by atoms with van der Waals surface area (Å²) in [6, 6.07) is 13.1. The summed E-state index contributed by atoms with van der Waals surface area (Å²) in [7, 11) is 1.59. The Bertz CT molecular complexity index is 900. The third-order valence-corrected chi connectivity index (χ3v) is 5.52. The van der Waals surface area contributed by atoms with Gasteiger partial charge in [-0.2, -0.15) is 0 Å². The summed E-state index contributed by atoms with van der Waals surface area (Å²) >= 11 is 1.24. The molecule has 8 heteroatoms. The number of aliphatic imine (C=N–C) groups is 1. The number of methoxy groups -OCH3 is 1. The number of amidine groups is 1. The maximum Gasteiger partial charge on any atom is 0.234 e. The van der Waals surface area contributed by atoms with Crippen LogP contribution in [0.3, 0.4) is 0 Å². The lowest BCUT2D eigenvalue weighted by Gasteiger charge is -2.31. The van der Waals surface area contributed by atoms with Gasteiger partial charge in [-0.25, -0.2) is 9.38 Å². The summed E-state index contributed by atoms with van der Waals surface area (Å²) in [5.41, 5.74) is 1.42. The van der Waals surface area contributed by atoms with Crippen LogP contribution in [0.15, 0.2) is 53.5 Å². The molecule has 0 aliphatic carbocycles. The highest BCUT2D eigenvalue weighted by atomic mass is 32.2. The van der Waals surface area contributed by atoms with E-state index in [-0.39, 0.29) is 24.1 Å². The Hall–Kier alpha value is -2.87. The van der Waals surface area contributed by atoms with E-state index in [0.29, 0.717) is 23.9 Å². The van der Waals surface area contributed by atoms with Crippen LogP contribution in [0.1, 0.15) is 18.9 Å². The van der Waals surface area contributed by atoms with Gasteiger partial charge in [-0.15, -0.1) is 0 Å². The van der Waals surface area contributed by atoms with E-state index >= 15 is 0 Å². The number of carbonyl (C=O) groups is 2. The topological polar surface area (TPSA) is 71.0 Å². The highest BCUT2D eigenvalue weighted by molar-refractivity contribution is 8.15. The number of carbonyl (C=O) groups excluding carboxylic acids is 2. The summed E-state index contributed by atoms with van der Waals surface area (Å²) in [5.74, 6) is -0.0142. The number of benzene rings is 2. The molecule has 2 aromatic rings. The lowest BCUT2D eigenvalue weighted by atomic mass is 10.2. The largest absolute Gasteiger partial charge is 0.497 e. The predicted octanol–water partition coefficient (Wildman–Crippen LogP) is 3.49. The molecule has 0 bridgehead atoms. The number of hydrogen-bond acceptors (Lipinski definition) is 5. The summed E-state index contributed by atoms with van der Waals surface area (Å²) in [6.07, 6.45) is 0.0924. The molecule has 2 amide bonds. The maximum absolute atomic E-state index is 13.2. The standard InChI is InChI=1S/C21H22FN3O3S/c1-3-23-20(27)18-12-19(26)25(13-14-4-10-17(28-2)11-5-14)21(29-18)24-16-8-6-15(22)7-9-16/h4-11,18H,3,12-13H2,1-2H3,(H,23,27)/t18-/m1/s1. The van der Waals surface area contributed by atoms with E-state index in [1.165, 1.54) is 36.0 Å². The number of nitrogens with zero attached hydrogens (tertiary/aromatic N) is 2. The SMILES string of the molecule is CCNC(=O)[C@H]1CC(=O)N(Cc2ccc(OC)cc2)C(=Nc2ccc(F)cc2)S1. The average Bonchev–Trinajstić information content (AvgIpc) is 2.72. The van der Waals surface area contributed by atoms with E-state index in [1.807, 2.05) is 31.2 Å². The molecule has 1 N–H and O–H groups in total. The van der Waals surface area contributed by atoms with Crippen molar-refractivity contribution < 1.29 is 18.7 Å². The van der Waals surface area contributed by atoms with Crippen LogP contribution in [-0.4, -0.2) is 40.8 Å². The maximum atomic E-state index is 13.2. The first-order chi connectivity index (χ1) is 14.0. The fourth-order valence-corrected chi connectivity index (χ4v) is 3.95. The van der Waals surface area contributed by atoms with Crippen LogP contribution in [0.5, 0.6) is 5.75 Å². The number of halogens is 1. The van der Waals surface area contributed by atoms with E-state index < -0.39 is 5.25 Å². The second kappa shape index (κ2) is 9.56. The molecule has 1 heterocycles. The molecule has 6 nitrogen and oxygen atoms in total. The van der Waals surface area contributed by atoms with Crippen LogP contribution in [0.2, 0.25) is 0 Å². The van der Waals surface area contributed by atoms with E-state index in [2.05, 4.69) is 10.3 Å². The summed E-state index contributed by atoms with van der Waals surface area (Å²) in [6.45, 7) is 2.64.